The van der Waals surface area contributed by atoms with Gasteiger partial charge in [0.25, 0.3) is 11.5 Å². The van der Waals surface area contributed by atoms with E-state index in [1.807, 2.05) is 40.7 Å². The topological polar surface area (TPSA) is 106 Å². The molecule has 4 heterocycles. The number of carbonyl (C=O) groups excluding carboxylic acids is 2. The average molecular weight is 611 g/mol. The summed E-state index contributed by atoms with van der Waals surface area (Å²) in [5.74, 6) is -0.0827. The van der Waals surface area contributed by atoms with Crippen molar-refractivity contribution in [2.24, 2.45) is 14.1 Å². The fourth-order valence-corrected chi connectivity index (χ4v) is 6.14. The summed E-state index contributed by atoms with van der Waals surface area (Å²) < 4.78 is 4.35. The highest BCUT2D eigenvalue weighted by Crippen LogP contribution is 2.36. The zero-order chi connectivity index (χ0) is 29.9. The number of halogens is 2. The van der Waals surface area contributed by atoms with Crippen molar-refractivity contribution in [3.05, 3.63) is 84.5 Å². The van der Waals surface area contributed by atoms with Crippen LogP contribution in [0, 0.1) is 6.92 Å². The number of piperazine rings is 1. The summed E-state index contributed by atoms with van der Waals surface area (Å²) in [6.45, 7) is 4.39. The molecule has 2 saturated heterocycles. The van der Waals surface area contributed by atoms with E-state index in [1.165, 1.54) is 11.6 Å². The first-order chi connectivity index (χ1) is 20.1. The Hall–Kier alpha value is -3.93. The van der Waals surface area contributed by atoms with Crippen molar-refractivity contribution >= 4 is 57.8 Å². The van der Waals surface area contributed by atoms with Gasteiger partial charge in [0, 0.05) is 40.3 Å². The maximum absolute atomic E-state index is 13.4. The first kappa shape index (κ1) is 28.2. The third-order valence-electron chi connectivity index (χ3n) is 8.12. The number of nitrogens with zero attached hydrogens (tertiary/aromatic N) is 7. The molecule has 2 fully saturated rings. The Morgan fingerprint density at radius 1 is 0.905 bits per heavy atom. The van der Waals surface area contributed by atoms with E-state index in [9.17, 15) is 19.2 Å². The molecule has 0 N–H and O–H groups in total. The number of benzene rings is 2. The quantitative estimate of drug-likeness (QED) is 0.320. The minimum atomic E-state index is -0.616. The largest absolute Gasteiger partial charge is 0.340 e. The van der Waals surface area contributed by atoms with Gasteiger partial charge in [-0.25, -0.2) is 9.69 Å². The molecule has 6 rings (SSSR count). The second-order valence-corrected chi connectivity index (χ2v) is 11.5. The van der Waals surface area contributed by atoms with Crippen molar-refractivity contribution in [1.82, 2.24) is 23.6 Å². The third-order valence-corrected chi connectivity index (χ3v) is 8.93. The van der Waals surface area contributed by atoms with Gasteiger partial charge in [-0.2, -0.15) is 4.98 Å². The predicted molar refractivity (Wildman–Crippen MR) is 162 cm³/mol. The Morgan fingerprint density at radius 2 is 1.60 bits per heavy atom. The van der Waals surface area contributed by atoms with Crippen LogP contribution in [0.1, 0.15) is 17.5 Å². The molecular formula is C29H29Cl2N7O4. The second-order valence-electron chi connectivity index (χ2n) is 10.7. The third kappa shape index (κ3) is 4.61. The molecule has 2 amide bonds. The van der Waals surface area contributed by atoms with Crippen LogP contribution in [0.15, 0.2) is 52.1 Å². The molecule has 218 valence electrons. The van der Waals surface area contributed by atoms with Gasteiger partial charge in [-0.3, -0.25) is 33.0 Å². The van der Waals surface area contributed by atoms with Crippen LogP contribution in [-0.2, 0) is 30.2 Å². The number of amides is 2. The molecule has 1 unspecified atom stereocenters. The van der Waals surface area contributed by atoms with Gasteiger partial charge in [0.05, 0.1) is 34.7 Å². The van der Waals surface area contributed by atoms with Gasteiger partial charge >= 0.3 is 5.69 Å². The zero-order valence-corrected chi connectivity index (χ0v) is 24.9. The molecule has 0 radical (unpaired) electrons. The monoisotopic (exact) mass is 609 g/mol. The molecule has 11 nitrogen and oxygen atoms in total. The van der Waals surface area contributed by atoms with Gasteiger partial charge in [0.1, 0.15) is 0 Å². The Morgan fingerprint density at radius 3 is 2.29 bits per heavy atom. The number of carbonyl (C=O) groups is 2. The Kier molecular flexibility index (Phi) is 7.20. The van der Waals surface area contributed by atoms with Gasteiger partial charge in [0.15, 0.2) is 11.2 Å². The minimum Gasteiger partial charge on any atom is -0.340 e. The zero-order valence-electron chi connectivity index (χ0n) is 23.4. The number of fused-ring (bicyclic) bond motifs is 1. The van der Waals surface area contributed by atoms with Crippen LogP contribution in [0.5, 0.6) is 0 Å². The van der Waals surface area contributed by atoms with Crippen molar-refractivity contribution in [2.75, 3.05) is 36.0 Å². The molecule has 13 heteroatoms. The van der Waals surface area contributed by atoms with Crippen LogP contribution in [0.2, 0.25) is 10.0 Å². The molecule has 4 aromatic rings. The van der Waals surface area contributed by atoms with E-state index >= 15 is 0 Å². The van der Waals surface area contributed by atoms with Gasteiger partial charge in [-0.15, -0.1) is 0 Å². The summed E-state index contributed by atoms with van der Waals surface area (Å²) >= 11 is 12.5. The second kappa shape index (κ2) is 10.7. The van der Waals surface area contributed by atoms with E-state index in [2.05, 4.69) is 4.90 Å². The predicted octanol–water partition coefficient (Wildman–Crippen LogP) is 2.55. The van der Waals surface area contributed by atoms with E-state index in [0.29, 0.717) is 49.8 Å². The highest BCUT2D eigenvalue weighted by molar-refractivity contribution is 6.44. The first-order valence-electron chi connectivity index (χ1n) is 13.6. The summed E-state index contributed by atoms with van der Waals surface area (Å²) in [5.41, 5.74) is 2.22. The molecule has 2 aromatic carbocycles. The van der Waals surface area contributed by atoms with Gasteiger partial charge in [-0.1, -0.05) is 59.1 Å². The van der Waals surface area contributed by atoms with Crippen molar-refractivity contribution in [3.8, 4) is 0 Å². The Balaban J connectivity index is 1.29. The van der Waals surface area contributed by atoms with Crippen LogP contribution < -0.4 is 21.0 Å². The van der Waals surface area contributed by atoms with Crippen LogP contribution in [0.3, 0.4) is 0 Å². The van der Waals surface area contributed by atoms with Crippen molar-refractivity contribution in [2.45, 2.75) is 25.9 Å². The normalized spacial score (nSPS) is 18.1. The SMILES string of the molecule is Cc1ccc(Cn2c(N3CCN(C4CC(=O)N(c5cccc(Cl)c5Cl)C4=O)CC3)nc3c2c(=O)n(C)c(=O)n3C)cc1. The van der Waals surface area contributed by atoms with Crippen molar-refractivity contribution < 1.29 is 9.59 Å². The number of rotatable bonds is 5. The number of hydrogen-bond acceptors (Lipinski definition) is 7. The van der Waals surface area contributed by atoms with Crippen LogP contribution in [0.4, 0.5) is 11.6 Å². The smallest absolute Gasteiger partial charge is 0.332 e. The lowest BCUT2D eigenvalue weighted by Crippen LogP contribution is -2.53. The molecule has 2 aliphatic rings. The van der Waals surface area contributed by atoms with Crippen LogP contribution >= 0.6 is 23.2 Å². The summed E-state index contributed by atoms with van der Waals surface area (Å²) in [7, 11) is 3.07. The lowest BCUT2D eigenvalue weighted by atomic mass is 10.1. The summed E-state index contributed by atoms with van der Waals surface area (Å²) in [5, 5.41) is 0.437. The van der Waals surface area contributed by atoms with Gasteiger partial charge in [-0.05, 0) is 24.6 Å². The van der Waals surface area contributed by atoms with Crippen LogP contribution in [0.25, 0.3) is 11.2 Å². The number of imide groups is 1. The minimum absolute atomic E-state index is 0.0474. The van der Waals surface area contributed by atoms with Gasteiger partial charge in [0.2, 0.25) is 11.9 Å². The fraction of sp³-hybridized carbons (Fsp3) is 0.345. The van der Waals surface area contributed by atoms with Gasteiger partial charge < -0.3 is 4.90 Å². The Labute approximate surface area is 251 Å². The summed E-state index contributed by atoms with van der Waals surface area (Å²) in [6.07, 6.45) is 0.0474. The maximum Gasteiger partial charge on any atom is 0.332 e. The number of aryl methyl sites for hydroxylation is 2. The number of aromatic nitrogens is 4. The molecule has 0 bridgehead atoms. The molecule has 2 aromatic heterocycles. The molecule has 2 aliphatic heterocycles. The number of imidazole rings is 1. The van der Waals surface area contributed by atoms with Crippen LogP contribution in [-0.4, -0.2) is 67.6 Å². The molecular weight excluding hydrogens is 581 g/mol. The van der Waals surface area contributed by atoms with Crippen molar-refractivity contribution in [1.29, 1.82) is 0 Å². The number of hydrogen-bond donors (Lipinski definition) is 0. The van der Waals surface area contributed by atoms with E-state index in [4.69, 9.17) is 28.2 Å². The van der Waals surface area contributed by atoms with E-state index in [-0.39, 0.29) is 34.0 Å². The Bertz CT molecular complexity index is 1850. The van der Waals surface area contributed by atoms with E-state index in [0.717, 1.165) is 20.6 Å². The summed E-state index contributed by atoms with van der Waals surface area (Å²) in [4.78, 5) is 62.4. The molecule has 0 spiro atoms. The van der Waals surface area contributed by atoms with E-state index < -0.39 is 17.3 Å². The molecule has 0 aliphatic carbocycles. The lowest BCUT2D eigenvalue weighted by molar-refractivity contribution is -0.123. The highest BCUT2D eigenvalue weighted by atomic mass is 35.5. The summed E-state index contributed by atoms with van der Waals surface area (Å²) in [6, 6.07) is 12.3. The maximum atomic E-state index is 13.4. The fourth-order valence-electron chi connectivity index (χ4n) is 5.76. The molecule has 0 saturated carbocycles. The molecule has 1 atom stereocenters. The van der Waals surface area contributed by atoms with Crippen molar-refractivity contribution in [3.63, 3.8) is 0 Å². The lowest BCUT2D eigenvalue weighted by Gasteiger charge is -2.37. The number of anilines is 2. The molecule has 42 heavy (non-hydrogen) atoms. The highest BCUT2D eigenvalue weighted by Gasteiger charge is 2.44. The standard InChI is InChI=1S/C29H29Cl2N7O4/c1-17-7-9-18(10-8-17)16-37-24-25(33(2)29(42)34(3)27(24)41)32-28(37)36-13-11-35(12-14-36)21-15-22(39)38(26(21)40)20-6-4-5-19(30)23(20)31/h4-10,21H,11-16H2,1-3H3. The average Bonchev–Trinajstić information content (AvgIpc) is 3.50. The van der Waals surface area contributed by atoms with E-state index in [1.54, 1.807) is 25.2 Å². The first-order valence-corrected chi connectivity index (χ1v) is 14.3.